The van der Waals surface area contributed by atoms with Crippen molar-refractivity contribution in [1.82, 2.24) is 10.2 Å². The topological polar surface area (TPSA) is 544 Å². The van der Waals surface area contributed by atoms with Gasteiger partial charge >= 0.3 is 168 Å². The Hall–Kier alpha value is -6.14. The second-order valence-corrected chi connectivity index (χ2v) is 28.6. The Balaban J connectivity index is -0.000000460. The van der Waals surface area contributed by atoms with E-state index < -0.39 is 23.5 Å². The predicted octanol–water partition coefficient (Wildman–Crippen LogP) is 2.30. The van der Waals surface area contributed by atoms with Crippen molar-refractivity contribution >= 4 is 152 Å². The number of hydrogen-bond acceptors (Lipinski definition) is 32. The summed E-state index contributed by atoms with van der Waals surface area (Å²) in [5.74, 6) is 1.92. The Kier molecular flexibility index (Phi) is 75.2. The molecule has 0 bridgehead atoms. The van der Waals surface area contributed by atoms with Crippen molar-refractivity contribution in [1.29, 1.82) is 0 Å². The van der Waals surface area contributed by atoms with Gasteiger partial charge in [-0.2, -0.15) is 8.42 Å². The molecule has 8 aromatic carbocycles. The van der Waals surface area contributed by atoms with E-state index >= 15 is 0 Å². The van der Waals surface area contributed by atoms with E-state index in [-0.39, 0.29) is 225 Å². The number of carbonyl (C=O) groups is 5. The molecule has 2 fully saturated rings. The van der Waals surface area contributed by atoms with Gasteiger partial charge in [0.2, 0.25) is 0 Å². The average molecular weight is 2130 g/mol. The van der Waals surface area contributed by atoms with Gasteiger partial charge in [-0.15, -0.1) is 12.4 Å². The fourth-order valence-corrected chi connectivity index (χ4v) is 12.1. The van der Waals surface area contributed by atoms with Gasteiger partial charge < -0.3 is 130 Å². The minimum Gasteiger partial charge on any atom is -1.00 e. The Morgan fingerprint density at radius 1 is 0.600 bits per heavy atom. The van der Waals surface area contributed by atoms with Gasteiger partial charge in [0.05, 0.1) is 126 Å². The molecular formula is C85H107BBr3ClK2N3NaO32S2. The number of esters is 2. The molecule has 10 aromatic rings. The number of rotatable bonds is 23. The van der Waals surface area contributed by atoms with Gasteiger partial charge in [0, 0.05) is 114 Å². The van der Waals surface area contributed by atoms with Gasteiger partial charge in [0.25, 0.3) is 6.47 Å². The first-order valence-electron chi connectivity index (χ1n) is 37.6. The van der Waals surface area contributed by atoms with E-state index in [0.29, 0.717) is 103 Å². The van der Waals surface area contributed by atoms with E-state index in [1.807, 2.05) is 48.5 Å². The first-order valence-corrected chi connectivity index (χ1v) is 42.1. The minimum atomic E-state index is -4.67. The third kappa shape index (κ3) is 54.4. The number of benzene rings is 8. The second-order valence-electron chi connectivity index (χ2n) is 25.0. The number of fused-ring (bicyclic) bond motifs is 2. The van der Waals surface area contributed by atoms with Gasteiger partial charge in [-0.1, -0.05) is 76.7 Å². The normalized spacial score (nSPS) is 10.9. The number of morpholine rings is 2. The number of Topliss-reactive ketones (excluding diaryl/α,β-unsaturated/α-hetero) is 1. The van der Waals surface area contributed by atoms with Gasteiger partial charge in [-0.05, 0) is 155 Å². The number of carboxylic acids is 1. The molecule has 45 heteroatoms. The van der Waals surface area contributed by atoms with Gasteiger partial charge in [0.1, 0.15) is 75.3 Å². The van der Waals surface area contributed by atoms with Crippen molar-refractivity contribution in [2.75, 3.05) is 108 Å². The number of hydrogen-bond donors (Lipinski definition) is 12. The second kappa shape index (κ2) is 75.1. The zero-order valence-electron chi connectivity index (χ0n) is 74.8. The molecule has 130 heavy (non-hydrogen) atoms. The number of nitrogens with one attached hydrogen (secondary N) is 1. The molecule has 0 unspecified atom stereocenters. The van der Waals surface area contributed by atoms with E-state index in [2.05, 4.69) is 75.0 Å². The number of nitrogens with zero attached hydrogens (tertiary/aromatic N) is 1. The van der Waals surface area contributed by atoms with Crippen LogP contribution in [0.1, 0.15) is 78.4 Å². The molecule has 2 aliphatic rings. The minimum absolute atomic E-state index is 0. The van der Waals surface area contributed by atoms with E-state index in [1.54, 1.807) is 108 Å². The summed E-state index contributed by atoms with van der Waals surface area (Å²) >= 11 is 15.8. The summed E-state index contributed by atoms with van der Waals surface area (Å²) in [4.78, 5) is 58.4. The maximum Gasteiger partial charge on any atom is 1.00 e. The Morgan fingerprint density at radius 2 is 0.992 bits per heavy atom. The van der Waals surface area contributed by atoms with Crippen LogP contribution in [0.25, 0.3) is 21.9 Å². The van der Waals surface area contributed by atoms with Crippen LogP contribution in [-0.2, 0) is 97.6 Å². The van der Waals surface area contributed by atoms with E-state index in [9.17, 15) is 39.6 Å². The first kappa shape index (κ1) is 130. The molecule has 2 aromatic heterocycles. The van der Waals surface area contributed by atoms with Gasteiger partial charge in [-0.3, -0.25) is 33.1 Å². The molecule has 0 saturated carbocycles. The smallest absolute Gasteiger partial charge is 1.00 e. The fourth-order valence-electron chi connectivity index (χ4n) is 10.2. The quantitative estimate of drug-likeness (QED) is 0.00503. The Labute approximate surface area is 900 Å². The maximum absolute atomic E-state index is 11.8. The monoisotopic (exact) mass is 2130 g/mol. The van der Waals surface area contributed by atoms with Crippen LogP contribution in [0.5, 0.6) is 57.5 Å². The number of halogens is 4. The predicted molar refractivity (Wildman–Crippen MR) is 489 cm³/mol. The zero-order valence-corrected chi connectivity index (χ0v) is 89.3. The van der Waals surface area contributed by atoms with E-state index in [0.717, 1.165) is 103 Å². The van der Waals surface area contributed by atoms with Crippen molar-refractivity contribution in [3.05, 3.63) is 218 Å². The molecule has 0 aliphatic carbocycles. The summed E-state index contributed by atoms with van der Waals surface area (Å²) in [5.41, 5.74) is 13.5. The number of carbonyl (C=O) groups excluding carboxylic acids is 4. The van der Waals surface area contributed by atoms with Crippen molar-refractivity contribution in [3.8, 4) is 57.5 Å². The van der Waals surface area contributed by atoms with Crippen LogP contribution in [0, 0.1) is 0 Å². The average Bonchev–Trinajstić information content (AvgIpc) is 1.71. The van der Waals surface area contributed by atoms with Crippen LogP contribution in [0.15, 0.2) is 182 Å². The molecule has 0 amide bonds. The van der Waals surface area contributed by atoms with Crippen molar-refractivity contribution in [2.24, 2.45) is 5.73 Å². The number of aliphatic hydroxyl groups excluding tert-OH is 1. The zero-order chi connectivity index (χ0) is 93.4. The van der Waals surface area contributed by atoms with Crippen LogP contribution in [0.4, 0.5) is 0 Å². The van der Waals surface area contributed by atoms with Gasteiger partial charge in [-0.25, -0.2) is 0 Å². The van der Waals surface area contributed by atoms with Crippen molar-refractivity contribution < 1.29 is 288 Å². The number of furan rings is 2. The Bertz CT molecular complexity index is 5040. The molecule has 2 aliphatic heterocycles. The summed E-state index contributed by atoms with van der Waals surface area (Å²) in [6.45, 7) is 15.1. The summed E-state index contributed by atoms with van der Waals surface area (Å²) in [5, 5.41) is 86.2. The molecular weight excluding hydrogens is 2030 g/mol. The molecule has 2 saturated heterocycles. The van der Waals surface area contributed by atoms with E-state index in [4.69, 9.17) is 122 Å². The number of phenolic OH excluding ortho intramolecular Hbond substituents is 4. The molecule has 0 radical (unpaired) electrons. The SMILES string of the molecule is BrCc1cc(Br)c2occc2c1.C1COCCN1.CCO.CCOC(=O)Cc1ccc(OC)cc1O.CCOC(=O)Cc1ccc(OC)cc1OCc1cc(Br)c2occc2c1.COc1ccc(C(C)=O)c(O)c1.COc1ccc(CC(=O)O)c(O)c1.COc1ccc(CC(=S)N2CCOCC2)c(O)c1.Cl.NCc1cccc(B(O)O)c1.O=CO[O-].O=S(=O)(O)O.[H-].[K+].[K+].[Na+].[OH-]. The Morgan fingerprint density at radius 3 is 1.36 bits per heavy atom. The number of aliphatic hydroxyl groups is 1. The summed E-state index contributed by atoms with van der Waals surface area (Å²) in [6, 6.07) is 43.5. The fraction of sp³-hybridized carbons (Fsp3) is 0.318. The standard InChI is InChI=1S/C20H19BrO5.C13H17NO3S.C11H14O4.C9H6Br2O.C9H10O4.C9H10O3.C7H10BNO2.C4H9NO.C2H6O.CH2O3.ClH.2K.Na.H2O4S.H2O.H/c1-3-24-19(22)10-14-4-5-16(23-2)11-18(14)26-12-13-8-15-6-7-25-20(15)17(21)9-13;1-16-11-3-2-10(12(15)9-11)8-13(18)14-4-6-17-7-5-14;1-3-15-11(13)6-8-4-5-9(14-2)7-10(8)12;10-5-6-3-7-1-2-12-9(7)8(11)4-6;1-13-7-3-2-6(4-9(11)12)8(10)5-7;1-6(10)8-4-3-7(12-2)5-9(8)11;9-5-6-2-1-3-7(4-6)8(10)11;1-3-6-4-2-5-1;1-2-3;2-1-4-3;;;;;1-5(2,3)4;;/h4-9,11H,3,10,12H2,1-2H3;2-3,9,15H,4-8H2,1H3;4-5,7,12H,3,6H2,1-2H3;1-4H,5H2;2-3,5,10H,4H2,1H3,(H,11,12);3-5,11H,1-2H3;1-4,10-11H,5,9H2;5H,1-4H2;3H,2H2,1H3;1,3H;1H;;;;(H2,1,2,3,4);1H2;/q;;;;;;;;;;;3*+1;;;-1/p-2. The number of methoxy groups -OCH3 is 5. The number of phenols is 4. The third-order valence-electron chi connectivity index (χ3n) is 16.1. The summed E-state index contributed by atoms with van der Waals surface area (Å²) < 4.78 is 95.2. The molecule has 4 heterocycles. The molecule has 0 atom stereocenters. The molecule has 12 rings (SSSR count). The van der Waals surface area contributed by atoms with Crippen molar-refractivity contribution in [3.63, 3.8) is 0 Å². The number of alkyl halides is 1. The first-order chi connectivity index (χ1) is 59.6. The van der Waals surface area contributed by atoms with Crippen LogP contribution in [-0.4, -0.2) is 219 Å². The number of thiocarbonyl (C=S) groups is 1. The number of aliphatic carboxylic acids is 1. The summed E-state index contributed by atoms with van der Waals surface area (Å²) in [6.07, 6.45) is 3.97. The number of ether oxygens (including phenoxy) is 10. The number of ketones is 1. The van der Waals surface area contributed by atoms with Gasteiger partial charge in [0.15, 0.2) is 5.78 Å². The molecule has 0 spiro atoms. The third-order valence-corrected chi connectivity index (χ3v) is 18.3. The van der Waals surface area contributed by atoms with Crippen LogP contribution in [0.2, 0.25) is 0 Å². The molecule has 700 valence electrons. The van der Waals surface area contributed by atoms with Crippen LogP contribution < -0.4 is 183 Å². The number of carboxylic acid groups (broad SMARTS) is 1. The number of nitrogens with two attached hydrogens (primary N) is 1. The van der Waals surface area contributed by atoms with E-state index in [1.165, 1.54) is 64.1 Å². The van der Waals surface area contributed by atoms with Crippen molar-refractivity contribution in [2.45, 2.75) is 71.9 Å². The molecule has 35 nitrogen and oxygen atoms in total. The number of aromatic hydroxyl groups is 4. The van der Waals surface area contributed by atoms with Crippen LogP contribution in [0.3, 0.4) is 0 Å². The molecule has 14 N–H and O–H groups in total. The largest absolute Gasteiger partial charge is 1.00 e. The summed E-state index contributed by atoms with van der Waals surface area (Å²) in [7, 11) is 1.59. The maximum atomic E-state index is 11.8. The van der Waals surface area contributed by atoms with Crippen LogP contribution >= 0.6 is 72.4 Å².